The number of hydrogen-bond donors (Lipinski definition) is 3. The van der Waals surface area contributed by atoms with E-state index in [1.54, 1.807) is 23.7 Å². The van der Waals surface area contributed by atoms with Gasteiger partial charge in [0.25, 0.3) is 5.56 Å². The number of carboxylic acid groups (broad SMARTS) is 1. The lowest BCUT2D eigenvalue weighted by Crippen LogP contribution is -2.48. The standard InChI is InChI=1S/C29H33N5O4/c1-33-24-11-9-20(29(13-14-29)28(38)34-15-3-2-4-21(34)10-12-25(35)36)17-22(24)32-23(27(33)37)16-18-5-7-19(8-6-18)26(30)31/h5-9,11,17,21H,2-4,10,12-16H2,1H3,(H3,30,31)(H,35,36). The van der Waals surface area contributed by atoms with Crippen molar-refractivity contribution in [1.82, 2.24) is 14.5 Å². The molecule has 1 aromatic heterocycles. The summed E-state index contributed by atoms with van der Waals surface area (Å²) in [6, 6.07) is 12.9. The summed E-state index contributed by atoms with van der Waals surface area (Å²) in [5, 5.41) is 16.7. The minimum atomic E-state index is -0.832. The van der Waals surface area contributed by atoms with E-state index in [9.17, 15) is 14.4 Å². The number of aryl methyl sites for hydroxylation is 1. The van der Waals surface area contributed by atoms with Gasteiger partial charge in [0, 0.05) is 38.0 Å². The molecule has 1 atom stereocenters. The summed E-state index contributed by atoms with van der Waals surface area (Å²) in [5.74, 6) is -0.756. The van der Waals surface area contributed by atoms with Crippen molar-refractivity contribution in [3.8, 4) is 0 Å². The Morgan fingerprint density at radius 1 is 1.16 bits per heavy atom. The lowest BCUT2D eigenvalue weighted by molar-refractivity contribution is -0.141. The number of aromatic nitrogens is 2. The van der Waals surface area contributed by atoms with Crippen molar-refractivity contribution < 1.29 is 14.7 Å². The summed E-state index contributed by atoms with van der Waals surface area (Å²) in [4.78, 5) is 44.7. The van der Waals surface area contributed by atoms with Crippen molar-refractivity contribution >= 4 is 28.7 Å². The maximum atomic E-state index is 13.9. The van der Waals surface area contributed by atoms with Crippen molar-refractivity contribution in [3.05, 3.63) is 75.2 Å². The average Bonchev–Trinajstić information content (AvgIpc) is 3.72. The van der Waals surface area contributed by atoms with E-state index in [0.29, 0.717) is 41.7 Å². The Morgan fingerprint density at radius 2 is 1.89 bits per heavy atom. The largest absolute Gasteiger partial charge is 0.481 e. The van der Waals surface area contributed by atoms with Crippen molar-refractivity contribution in [1.29, 1.82) is 5.41 Å². The molecule has 1 saturated heterocycles. The lowest BCUT2D eigenvalue weighted by Gasteiger charge is -2.38. The first kappa shape index (κ1) is 25.6. The van der Waals surface area contributed by atoms with Gasteiger partial charge in [-0.15, -0.1) is 0 Å². The molecular formula is C29H33N5O4. The number of nitrogen functional groups attached to an aromatic ring is 1. The molecule has 1 saturated carbocycles. The van der Waals surface area contributed by atoms with Crippen LogP contribution in [0.2, 0.25) is 0 Å². The second-order valence-corrected chi connectivity index (χ2v) is 10.6. The Balaban J connectivity index is 1.45. The van der Waals surface area contributed by atoms with Gasteiger partial charge in [0.05, 0.1) is 16.4 Å². The van der Waals surface area contributed by atoms with Crippen LogP contribution in [0.5, 0.6) is 0 Å². The molecule has 1 aliphatic heterocycles. The number of nitrogens with two attached hydrogens (primary N) is 1. The number of rotatable bonds is 8. The molecule has 9 nitrogen and oxygen atoms in total. The van der Waals surface area contributed by atoms with Crippen LogP contribution in [0.1, 0.15) is 67.3 Å². The summed E-state index contributed by atoms with van der Waals surface area (Å²) in [5.41, 5.74) is 8.96. The second kappa shape index (κ2) is 10.0. The number of aliphatic carboxylic acids is 1. The average molecular weight is 516 g/mol. The molecule has 38 heavy (non-hydrogen) atoms. The molecule has 2 heterocycles. The van der Waals surface area contributed by atoms with Gasteiger partial charge in [-0.3, -0.25) is 19.8 Å². The lowest BCUT2D eigenvalue weighted by atomic mass is 9.90. The first-order valence-corrected chi connectivity index (χ1v) is 13.2. The molecule has 2 aromatic carbocycles. The van der Waals surface area contributed by atoms with E-state index in [1.807, 2.05) is 35.2 Å². The zero-order chi connectivity index (χ0) is 27.0. The van der Waals surface area contributed by atoms with Crippen molar-refractivity contribution in [2.75, 3.05) is 6.54 Å². The number of fused-ring (bicyclic) bond motifs is 1. The van der Waals surface area contributed by atoms with Crippen molar-refractivity contribution in [2.45, 2.75) is 62.8 Å². The highest BCUT2D eigenvalue weighted by molar-refractivity contribution is 5.95. The van der Waals surface area contributed by atoms with Gasteiger partial charge in [-0.2, -0.15) is 0 Å². The Kier molecular flexibility index (Phi) is 6.77. The summed E-state index contributed by atoms with van der Waals surface area (Å²) >= 11 is 0. The van der Waals surface area contributed by atoms with Gasteiger partial charge in [-0.25, -0.2) is 4.98 Å². The monoisotopic (exact) mass is 515 g/mol. The molecule has 0 spiro atoms. The number of carbonyl (C=O) groups is 2. The zero-order valence-electron chi connectivity index (χ0n) is 21.6. The second-order valence-electron chi connectivity index (χ2n) is 10.6. The topological polar surface area (TPSA) is 142 Å². The molecule has 9 heteroatoms. The van der Waals surface area contributed by atoms with Crippen LogP contribution in [0, 0.1) is 5.41 Å². The predicted molar refractivity (Wildman–Crippen MR) is 144 cm³/mol. The Hall–Kier alpha value is -4.01. The highest BCUT2D eigenvalue weighted by Crippen LogP contribution is 2.51. The van der Waals surface area contributed by atoms with Crippen LogP contribution < -0.4 is 11.3 Å². The number of hydrogen-bond acceptors (Lipinski definition) is 5. The number of piperidine rings is 1. The minimum absolute atomic E-state index is 0.00913. The molecule has 1 aliphatic carbocycles. The Morgan fingerprint density at radius 3 is 2.55 bits per heavy atom. The van der Waals surface area contributed by atoms with Crippen LogP contribution in [0.3, 0.4) is 0 Å². The van der Waals surface area contributed by atoms with Crippen molar-refractivity contribution in [3.63, 3.8) is 0 Å². The van der Waals surface area contributed by atoms with Crippen molar-refractivity contribution in [2.24, 2.45) is 12.8 Å². The maximum absolute atomic E-state index is 13.9. The first-order valence-electron chi connectivity index (χ1n) is 13.2. The van der Waals surface area contributed by atoms with Gasteiger partial charge in [0.1, 0.15) is 11.5 Å². The van der Waals surface area contributed by atoms with Gasteiger partial charge >= 0.3 is 5.97 Å². The molecule has 2 aliphatic rings. The molecule has 1 amide bonds. The fourth-order valence-electron chi connectivity index (χ4n) is 5.69. The van der Waals surface area contributed by atoms with Gasteiger partial charge < -0.3 is 20.3 Å². The molecule has 198 valence electrons. The Bertz CT molecular complexity index is 1470. The predicted octanol–water partition coefficient (Wildman–Crippen LogP) is 3.09. The normalized spacial score (nSPS) is 18.3. The zero-order valence-corrected chi connectivity index (χ0v) is 21.6. The number of nitrogens with zero attached hydrogens (tertiary/aromatic N) is 3. The van der Waals surface area contributed by atoms with E-state index in [2.05, 4.69) is 0 Å². The van der Waals surface area contributed by atoms with E-state index in [0.717, 1.165) is 43.2 Å². The third-order valence-corrected chi connectivity index (χ3v) is 8.07. The fraction of sp³-hybridized carbons (Fsp3) is 0.414. The first-order chi connectivity index (χ1) is 18.2. The van der Waals surface area contributed by atoms with E-state index < -0.39 is 11.4 Å². The van der Waals surface area contributed by atoms with Crippen LogP contribution in [0.25, 0.3) is 11.0 Å². The SMILES string of the molecule is Cn1c(=O)c(Cc2ccc(C(=N)N)cc2)nc2cc(C3(C(=O)N4CCCCC4CCC(=O)O)CC3)ccc21. The summed E-state index contributed by atoms with van der Waals surface area (Å²) in [7, 11) is 1.73. The highest BCUT2D eigenvalue weighted by Gasteiger charge is 2.54. The molecule has 5 rings (SSSR count). The third kappa shape index (κ3) is 4.80. The molecule has 0 radical (unpaired) electrons. The fourth-order valence-corrected chi connectivity index (χ4v) is 5.69. The molecule has 3 aromatic rings. The van der Waals surface area contributed by atoms with Gasteiger partial charge in [-0.1, -0.05) is 30.3 Å². The molecular weight excluding hydrogens is 482 g/mol. The van der Waals surface area contributed by atoms with Crippen LogP contribution in [-0.2, 0) is 28.5 Å². The van der Waals surface area contributed by atoms with Gasteiger partial charge in [0.2, 0.25) is 5.91 Å². The van der Waals surface area contributed by atoms with Crippen LogP contribution in [-0.4, -0.2) is 49.9 Å². The number of likely N-dealkylation sites (tertiary alicyclic amines) is 1. The summed E-state index contributed by atoms with van der Waals surface area (Å²) in [6.07, 6.45) is 5.17. The molecule has 4 N–H and O–H groups in total. The number of carbonyl (C=O) groups excluding carboxylic acids is 1. The highest BCUT2D eigenvalue weighted by atomic mass is 16.4. The van der Waals surface area contributed by atoms with Gasteiger partial charge in [-0.05, 0) is 61.8 Å². The minimum Gasteiger partial charge on any atom is -0.481 e. The van der Waals surface area contributed by atoms with Crippen LogP contribution >= 0.6 is 0 Å². The Labute approximate surface area is 220 Å². The van der Waals surface area contributed by atoms with E-state index in [4.69, 9.17) is 21.2 Å². The van der Waals surface area contributed by atoms with Crippen LogP contribution in [0.4, 0.5) is 0 Å². The van der Waals surface area contributed by atoms with Crippen LogP contribution in [0.15, 0.2) is 47.3 Å². The summed E-state index contributed by atoms with van der Waals surface area (Å²) in [6.45, 7) is 0.664. The number of carboxylic acids is 1. The number of benzene rings is 2. The maximum Gasteiger partial charge on any atom is 0.303 e. The van der Waals surface area contributed by atoms with E-state index >= 15 is 0 Å². The molecule has 0 bridgehead atoms. The van der Waals surface area contributed by atoms with E-state index in [-0.39, 0.29) is 29.8 Å². The number of nitrogens with one attached hydrogen (secondary N) is 1. The number of amidine groups is 1. The smallest absolute Gasteiger partial charge is 0.303 e. The third-order valence-electron chi connectivity index (χ3n) is 8.07. The number of amides is 1. The summed E-state index contributed by atoms with van der Waals surface area (Å²) < 4.78 is 1.60. The molecule has 1 unspecified atom stereocenters. The quantitative estimate of drug-likeness (QED) is 0.311. The molecule has 2 fully saturated rings. The van der Waals surface area contributed by atoms with Gasteiger partial charge in [0.15, 0.2) is 0 Å². The van der Waals surface area contributed by atoms with E-state index in [1.165, 1.54) is 0 Å².